The van der Waals surface area contributed by atoms with Gasteiger partial charge in [-0.3, -0.25) is 4.79 Å². The van der Waals surface area contributed by atoms with Gasteiger partial charge in [-0.1, -0.05) is 48.9 Å². The maximum atomic E-state index is 12.2. The summed E-state index contributed by atoms with van der Waals surface area (Å²) in [6, 6.07) is 17.3. The van der Waals surface area contributed by atoms with E-state index in [0.717, 1.165) is 36.5 Å². The summed E-state index contributed by atoms with van der Waals surface area (Å²) < 4.78 is 5.80. The SMILES string of the molecule is NC(Cc1ccc(OCc2ccccc2)cc1)C(=O)NCCN1CCCCC1. The van der Waals surface area contributed by atoms with Crippen molar-refractivity contribution in [1.29, 1.82) is 0 Å². The molecule has 1 unspecified atom stereocenters. The average Bonchev–Trinajstić information content (AvgIpc) is 2.74. The van der Waals surface area contributed by atoms with E-state index in [0.29, 0.717) is 19.6 Å². The predicted molar refractivity (Wildman–Crippen MR) is 112 cm³/mol. The molecule has 0 radical (unpaired) electrons. The Kier molecular flexibility index (Phi) is 7.88. The van der Waals surface area contributed by atoms with Gasteiger partial charge in [0.05, 0.1) is 6.04 Å². The molecule has 1 atom stereocenters. The number of hydrogen-bond donors (Lipinski definition) is 2. The van der Waals surface area contributed by atoms with Gasteiger partial charge in [0.2, 0.25) is 5.91 Å². The van der Waals surface area contributed by atoms with Gasteiger partial charge >= 0.3 is 0 Å². The van der Waals surface area contributed by atoms with Crippen LogP contribution in [0.2, 0.25) is 0 Å². The summed E-state index contributed by atoms with van der Waals surface area (Å²) in [6.07, 6.45) is 4.37. The smallest absolute Gasteiger partial charge is 0.237 e. The minimum Gasteiger partial charge on any atom is -0.489 e. The molecule has 0 saturated carbocycles. The number of nitrogens with two attached hydrogens (primary N) is 1. The molecule has 5 nitrogen and oxygen atoms in total. The molecule has 1 aliphatic rings. The lowest BCUT2D eigenvalue weighted by molar-refractivity contribution is -0.122. The van der Waals surface area contributed by atoms with Crippen LogP contribution in [0, 0.1) is 0 Å². The molecule has 1 aliphatic heterocycles. The number of amides is 1. The first-order chi connectivity index (χ1) is 13.7. The van der Waals surface area contributed by atoms with Crippen LogP contribution in [0.15, 0.2) is 54.6 Å². The lowest BCUT2D eigenvalue weighted by Gasteiger charge is -2.26. The van der Waals surface area contributed by atoms with E-state index in [2.05, 4.69) is 10.2 Å². The maximum absolute atomic E-state index is 12.2. The molecular formula is C23H31N3O2. The number of nitrogens with one attached hydrogen (secondary N) is 1. The first-order valence-corrected chi connectivity index (χ1v) is 10.2. The van der Waals surface area contributed by atoms with Crippen LogP contribution >= 0.6 is 0 Å². The van der Waals surface area contributed by atoms with E-state index in [4.69, 9.17) is 10.5 Å². The van der Waals surface area contributed by atoms with Crippen LogP contribution in [-0.4, -0.2) is 43.0 Å². The largest absolute Gasteiger partial charge is 0.489 e. The molecule has 1 heterocycles. The number of likely N-dealkylation sites (tertiary alicyclic amines) is 1. The monoisotopic (exact) mass is 381 g/mol. The summed E-state index contributed by atoms with van der Waals surface area (Å²) in [5.74, 6) is 0.730. The summed E-state index contributed by atoms with van der Waals surface area (Å²) in [4.78, 5) is 14.6. The van der Waals surface area contributed by atoms with E-state index >= 15 is 0 Å². The third-order valence-electron chi connectivity index (χ3n) is 5.14. The minimum absolute atomic E-state index is 0.0820. The van der Waals surface area contributed by atoms with E-state index in [9.17, 15) is 4.79 Å². The molecule has 150 valence electrons. The predicted octanol–water partition coefficient (Wildman–Crippen LogP) is 2.74. The first kappa shape index (κ1) is 20.4. The van der Waals surface area contributed by atoms with Gasteiger partial charge in [-0.05, 0) is 55.6 Å². The third kappa shape index (κ3) is 6.66. The molecule has 2 aromatic rings. The van der Waals surface area contributed by atoms with Crippen molar-refractivity contribution in [2.24, 2.45) is 5.73 Å². The molecule has 1 fully saturated rings. The van der Waals surface area contributed by atoms with Crippen LogP contribution in [-0.2, 0) is 17.8 Å². The molecule has 2 aromatic carbocycles. The Bertz CT molecular complexity index is 712. The normalized spacial score (nSPS) is 15.8. The molecule has 0 aromatic heterocycles. The van der Waals surface area contributed by atoms with Crippen molar-refractivity contribution in [3.8, 4) is 5.75 Å². The molecule has 1 amide bonds. The lowest BCUT2D eigenvalue weighted by atomic mass is 10.1. The standard InChI is InChI=1S/C23H31N3O2/c24-22(23(27)25-13-16-26-14-5-2-6-15-26)17-19-9-11-21(12-10-19)28-18-20-7-3-1-4-8-20/h1,3-4,7-12,22H,2,5-6,13-18,24H2,(H,25,27). The number of carbonyl (C=O) groups excluding carboxylic acids is 1. The van der Waals surface area contributed by atoms with Gasteiger partial charge in [0.15, 0.2) is 0 Å². The minimum atomic E-state index is -0.530. The second kappa shape index (κ2) is 10.8. The number of piperidine rings is 1. The highest BCUT2D eigenvalue weighted by molar-refractivity contribution is 5.81. The first-order valence-electron chi connectivity index (χ1n) is 10.2. The zero-order valence-corrected chi connectivity index (χ0v) is 16.5. The fraction of sp³-hybridized carbons (Fsp3) is 0.435. The van der Waals surface area contributed by atoms with Crippen molar-refractivity contribution in [3.05, 3.63) is 65.7 Å². The summed E-state index contributed by atoms with van der Waals surface area (Å²) in [5.41, 5.74) is 8.25. The van der Waals surface area contributed by atoms with E-state index in [1.54, 1.807) is 0 Å². The van der Waals surface area contributed by atoms with Crippen LogP contribution in [0.5, 0.6) is 5.75 Å². The molecule has 0 aliphatic carbocycles. The quantitative estimate of drug-likeness (QED) is 0.701. The second-order valence-corrected chi connectivity index (χ2v) is 7.42. The van der Waals surface area contributed by atoms with Crippen LogP contribution in [0.4, 0.5) is 0 Å². The molecule has 1 saturated heterocycles. The Balaban J connectivity index is 1.38. The van der Waals surface area contributed by atoms with Crippen molar-refractivity contribution >= 4 is 5.91 Å². The number of carbonyl (C=O) groups is 1. The Labute approximate surface area is 167 Å². The van der Waals surface area contributed by atoms with E-state index in [1.165, 1.54) is 19.3 Å². The lowest BCUT2D eigenvalue weighted by Crippen LogP contribution is -2.45. The summed E-state index contributed by atoms with van der Waals surface area (Å²) in [5, 5.41) is 2.97. The molecule has 0 bridgehead atoms. The zero-order chi connectivity index (χ0) is 19.6. The summed E-state index contributed by atoms with van der Waals surface area (Å²) >= 11 is 0. The fourth-order valence-corrected chi connectivity index (χ4v) is 3.46. The van der Waals surface area contributed by atoms with Crippen LogP contribution in [0.1, 0.15) is 30.4 Å². The Morgan fingerprint density at radius 3 is 2.43 bits per heavy atom. The van der Waals surface area contributed by atoms with Crippen LogP contribution in [0.25, 0.3) is 0 Å². The average molecular weight is 382 g/mol. The number of benzene rings is 2. The Hall–Kier alpha value is -2.37. The molecule has 3 rings (SSSR count). The number of ether oxygens (including phenoxy) is 1. The maximum Gasteiger partial charge on any atom is 0.237 e. The van der Waals surface area contributed by atoms with Crippen molar-refractivity contribution in [1.82, 2.24) is 10.2 Å². The molecule has 0 spiro atoms. The van der Waals surface area contributed by atoms with Gasteiger partial charge in [0.25, 0.3) is 0 Å². The van der Waals surface area contributed by atoms with Crippen molar-refractivity contribution in [2.75, 3.05) is 26.2 Å². The highest BCUT2D eigenvalue weighted by Crippen LogP contribution is 2.15. The van der Waals surface area contributed by atoms with Gasteiger partial charge in [-0.15, -0.1) is 0 Å². The topological polar surface area (TPSA) is 67.6 Å². The number of rotatable bonds is 9. The zero-order valence-electron chi connectivity index (χ0n) is 16.5. The second-order valence-electron chi connectivity index (χ2n) is 7.42. The van der Waals surface area contributed by atoms with E-state index in [-0.39, 0.29) is 5.91 Å². The van der Waals surface area contributed by atoms with Crippen molar-refractivity contribution in [3.63, 3.8) is 0 Å². The van der Waals surface area contributed by atoms with Crippen molar-refractivity contribution < 1.29 is 9.53 Å². The van der Waals surface area contributed by atoms with Crippen molar-refractivity contribution in [2.45, 2.75) is 38.3 Å². The molecule has 5 heteroatoms. The third-order valence-corrected chi connectivity index (χ3v) is 5.14. The van der Waals surface area contributed by atoms with Gasteiger partial charge in [-0.2, -0.15) is 0 Å². The van der Waals surface area contributed by atoms with Gasteiger partial charge in [-0.25, -0.2) is 0 Å². The highest BCUT2D eigenvalue weighted by atomic mass is 16.5. The molecular weight excluding hydrogens is 350 g/mol. The number of nitrogens with zero attached hydrogens (tertiary/aromatic N) is 1. The van der Waals surface area contributed by atoms with Gasteiger partial charge in [0.1, 0.15) is 12.4 Å². The number of hydrogen-bond acceptors (Lipinski definition) is 4. The van der Waals surface area contributed by atoms with Crippen LogP contribution < -0.4 is 15.8 Å². The molecule has 28 heavy (non-hydrogen) atoms. The summed E-state index contributed by atoms with van der Waals surface area (Å²) in [6.45, 7) is 4.39. The van der Waals surface area contributed by atoms with Gasteiger partial charge < -0.3 is 20.7 Å². The highest BCUT2D eigenvalue weighted by Gasteiger charge is 2.15. The molecule has 3 N–H and O–H groups in total. The Morgan fingerprint density at radius 2 is 1.71 bits per heavy atom. The van der Waals surface area contributed by atoms with E-state index in [1.807, 2.05) is 54.6 Å². The van der Waals surface area contributed by atoms with E-state index < -0.39 is 6.04 Å². The fourth-order valence-electron chi connectivity index (χ4n) is 3.46. The van der Waals surface area contributed by atoms with Gasteiger partial charge in [0, 0.05) is 13.1 Å². The van der Waals surface area contributed by atoms with Crippen LogP contribution in [0.3, 0.4) is 0 Å². The summed E-state index contributed by atoms with van der Waals surface area (Å²) in [7, 11) is 0. The Morgan fingerprint density at radius 1 is 1.00 bits per heavy atom.